The molecule has 146 valence electrons. The number of para-hydroxylation sites is 1. The minimum Gasteiger partial charge on any atom is -0.465 e. The number of carbonyl (C=O) groups is 1. The molecule has 0 aliphatic rings. The van der Waals surface area contributed by atoms with Gasteiger partial charge in [-0.3, -0.25) is 0 Å². The van der Waals surface area contributed by atoms with E-state index in [0.29, 0.717) is 5.56 Å². The number of sulfonamides is 1. The lowest BCUT2D eigenvalue weighted by atomic mass is 10.2. The number of halogens is 1. The molecule has 1 aromatic heterocycles. The Balaban J connectivity index is 1.85. The molecule has 1 heterocycles. The third-order valence-corrected chi connectivity index (χ3v) is 6.39. The van der Waals surface area contributed by atoms with Gasteiger partial charge >= 0.3 is 5.97 Å². The average molecular weight is 420 g/mol. The number of rotatable bonds is 6. The summed E-state index contributed by atoms with van der Waals surface area (Å²) in [6.45, 7) is 0.0912. The van der Waals surface area contributed by atoms with Gasteiger partial charge in [0.1, 0.15) is 4.90 Å². The average Bonchev–Trinajstić information content (AvgIpc) is 3.16. The molecule has 0 aliphatic heterocycles. The molecule has 28 heavy (non-hydrogen) atoms. The predicted molar refractivity (Wildman–Crippen MR) is 105 cm³/mol. The van der Waals surface area contributed by atoms with Crippen molar-refractivity contribution in [2.75, 3.05) is 14.2 Å². The van der Waals surface area contributed by atoms with Gasteiger partial charge in [-0.05, 0) is 30.3 Å². The van der Waals surface area contributed by atoms with Gasteiger partial charge in [-0.2, -0.15) is 9.40 Å². The highest BCUT2D eigenvalue weighted by molar-refractivity contribution is 7.89. The van der Waals surface area contributed by atoms with E-state index in [2.05, 4.69) is 9.84 Å². The van der Waals surface area contributed by atoms with Gasteiger partial charge in [0.15, 0.2) is 0 Å². The van der Waals surface area contributed by atoms with Crippen molar-refractivity contribution in [3.63, 3.8) is 0 Å². The zero-order valence-corrected chi connectivity index (χ0v) is 16.8. The molecule has 2 aromatic carbocycles. The van der Waals surface area contributed by atoms with Crippen molar-refractivity contribution in [3.8, 4) is 5.69 Å². The number of aromatic nitrogens is 2. The molecule has 0 spiro atoms. The predicted octanol–water partition coefficient (Wildman–Crippen LogP) is 3.13. The quantitative estimate of drug-likeness (QED) is 0.573. The maximum atomic E-state index is 13.0. The number of hydrogen-bond acceptors (Lipinski definition) is 5. The minimum absolute atomic E-state index is 0.0273. The van der Waals surface area contributed by atoms with Crippen LogP contribution in [0.5, 0.6) is 0 Å². The Labute approximate surface area is 168 Å². The molecule has 0 radical (unpaired) electrons. The summed E-state index contributed by atoms with van der Waals surface area (Å²) in [5, 5.41) is 4.30. The lowest BCUT2D eigenvalue weighted by Crippen LogP contribution is -2.27. The van der Waals surface area contributed by atoms with Crippen LogP contribution in [0.2, 0.25) is 5.02 Å². The highest BCUT2D eigenvalue weighted by Crippen LogP contribution is 2.26. The van der Waals surface area contributed by atoms with E-state index in [4.69, 9.17) is 11.6 Å². The van der Waals surface area contributed by atoms with Crippen LogP contribution < -0.4 is 0 Å². The van der Waals surface area contributed by atoms with Gasteiger partial charge in [0.25, 0.3) is 0 Å². The molecule has 7 nitrogen and oxygen atoms in total. The fourth-order valence-electron chi connectivity index (χ4n) is 2.62. The van der Waals surface area contributed by atoms with Crippen LogP contribution in [-0.2, 0) is 21.3 Å². The third kappa shape index (κ3) is 4.09. The minimum atomic E-state index is -3.93. The zero-order chi connectivity index (χ0) is 20.3. The molecule has 0 saturated heterocycles. The van der Waals surface area contributed by atoms with Crippen LogP contribution in [0, 0.1) is 0 Å². The van der Waals surface area contributed by atoms with Crippen molar-refractivity contribution in [1.82, 2.24) is 14.1 Å². The Hall–Kier alpha value is -2.68. The smallest absolute Gasteiger partial charge is 0.337 e. The van der Waals surface area contributed by atoms with E-state index in [1.54, 1.807) is 17.1 Å². The third-order valence-electron chi connectivity index (χ3n) is 4.10. The summed E-state index contributed by atoms with van der Waals surface area (Å²) in [4.78, 5) is 11.6. The first kappa shape index (κ1) is 20.1. The van der Waals surface area contributed by atoms with Crippen LogP contribution in [0.4, 0.5) is 0 Å². The SMILES string of the molecule is COC(=O)c1ccc(Cl)c(S(=O)(=O)N(C)Cc2cnn(-c3ccccc3)c2)c1. The van der Waals surface area contributed by atoms with Crippen LogP contribution in [0.15, 0.2) is 65.8 Å². The Bertz CT molecular complexity index is 1100. The van der Waals surface area contributed by atoms with Gasteiger partial charge in [-0.1, -0.05) is 29.8 Å². The van der Waals surface area contributed by atoms with E-state index in [1.807, 2.05) is 30.3 Å². The molecule has 0 atom stereocenters. The van der Waals surface area contributed by atoms with Crippen molar-refractivity contribution in [3.05, 3.63) is 77.1 Å². The number of ether oxygens (including phenoxy) is 1. The number of methoxy groups -OCH3 is 1. The number of nitrogens with zero attached hydrogens (tertiary/aromatic N) is 3. The van der Waals surface area contributed by atoms with Crippen LogP contribution in [-0.4, -0.2) is 42.6 Å². The van der Waals surface area contributed by atoms with Gasteiger partial charge in [-0.25, -0.2) is 17.9 Å². The first-order valence-corrected chi connectivity index (χ1v) is 10.1. The van der Waals surface area contributed by atoms with Gasteiger partial charge < -0.3 is 4.74 Å². The summed E-state index contributed by atoms with van der Waals surface area (Å²) >= 11 is 6.09. The first-order chi connectivity index (χ1) is 13.3. The van der Waals surface area contributed by atoms with Crippen molar-refractivity contribution in [2.45, 2.75) is 11.4 Å². The molecule has 0 amide bonds. The molecular formula is C19H18ClN3O4S. The topological polar surface area (TPSA) is 81.5 Å². The largest absolute Gasteiger partial charge is 0.465 e. The second kappa shape index (κ2) is 8.14. The van der Waals surface area contributed by atoms with Crippen molar-refractivity contribution >= 4 is 27.6 Å². The van der Waals surface area contributed by atoms with Crippen LogP contribution in [0.25, 0.3) is 5.69 Å². The second-order valence-electron chi connectivity index (χ2n) is 6.03. The van der Waals surface area contributed by atoms with Gasteiger partial charge in [-0.15, -0.1) is 0 Å². The monoisotopic (exact) mass is 419 g/mol. The Morgan fingerprint density at radius 2 is 1.93 bits per heavy atom. The zero-order valence-electron chi connectivity index (χ0n) is 15.2. The molecule has 9 heteroatoms. The Kier molecular flexibility index (Phi) is 5.83. The number of esters is 1. The lowest BCUT2D eigenvalue weighted by Gasteiger charge is -2.17. The molecule has 3 aromatic rings. The van der Waals surface area contributed by atoms with Crippen LogP contribution >= 0.6 is 11.6 Å². The van der Waals surface area contributed by atoms with E-state index < -0.39 is 16.0 Å². The van der Waals surface area contributed by atoms with Crippen molar-refractivity contribution in [2.24, 2.45) is 0 Å². The fraction of sp³-hybridized carbons (Fsp3) is 0.158. The fourth-order valence-corrected chi connectivity index (χ4v) is 4.27. The summed E-state index contributed by atoms with van der Waals surface area (Å²) in [6, 6.07) is 13.5. The van der Waals surface area contributed by atoms with E-state index >= 15 is 0 Å². The number of hydrogen-bond donors (Lipinski definition) is 0. The van der Waals surface area contributed by atoms with Crippen LogP contribution in [0.1, 0.15) is 15.9 Å². The standard InChI is InChI=1S/C19H18ClN3O4S/c1-22(12-14-11-21-23(13-14)16-6-4-3-5-7-16)28(25,26)18-10-15(19(24)27-2)8-9-17(18)20/h3-11,13H,12H2,1-2H3. The van der Waals surface area contributed by atoms with E-state index in [0.717, 1.165) is 9.99 Å². The molecule has 0 N–H and O–H groups in total. The molecule has 0 aliphatic carbocycles. The van der Waals surface area contributed by atoms with E-state index in [1.165, 1.54) is 32.4 Å². The summed E-state index contributed by atoms with van der Waals surface area (Å²) in [5.41, 5.74) is 1.68. The maximum Gasteiger partial charge on any atom is 0.337 e. The normalized spacial score (nSPS) is 11.6. The van der Waals surface area contributed by atoms with Gasteiger partial charge in [0, 0.05) is 25.4 Å². The molecule has 0 saturated carbocycles. The second-order valence-corrected chi connectivity index (χ2v) is 8.45. The van der Waals surface area contributed by atoms with E-state index in [9.17, 15) is 13.2 Å². The van der Waals surface area contributed by atoms with Crippen molar-refractivity contribution < 1.29 is 17.9 Å². The van der Waals surface area contributed by atoms with Gasteiger partial charge in [0.2, 0.25) is 10.0 Å². The highest BCUT2D eigenvalue weighted by atomic mass is 35.5. The number of benzene rings is 2. The number of carbonyl (C=O) groups excluding carboxylic acids is 1. The maximum absolute atomic E-state index is 13.0. The Morgan fingerprint density at radius 3 is 2.61 bits per heavy atom. The summed E-state index contributed by atoms with van der Waals surface area (Å²) in [7, 11) is -1.27. The summed E-state index contributed by atoms with van der Waals surface area (Å²) in [6.07, 6.45) is 3.36. The molecule has 0 unspecified atom stereocenters. The Morgan fingerprint density at radius 1 is 1.21 bits per heavy atom. The van der Waals surface area contributed by atoms with Crippen LogP contribution in [0.3, 0.4) is 0 Å². The highest BCUT2D eigenvalue weighted by Gasteiger charge is 2.25. The summed E-state index contributed by atoms with van der Waals surface area (Å²) in [5.74, 6) is -0.639. The molecule has 0 fully saturated rings. The lowest BCUT2D eigenvalue weighted by molar-refractivity contribution is 0.0600. The van der Waals surface area contributed by atoms with E-state index in [-0.39, 0.29) is 22.0 Å². The van der Waals surface area contributed by atoms with Gasteiger partial charge in [0.05, 0.1) is 29.6 Å². The van der Waals surface area contributed by atoms with Crippen molar-refractivity contribution in [1.29, 1.82) is 0 Å². The molecule has 3 rings (SSSR count). The molecule has 0 bridgehead atoms. The summed E-state index contributed by atoms with van der Waals surface area (Å²) < 4.78 is 33.4. The first-order valence-electron chi connectivity index (χ1n) is 8.26. The molecular weight excluding hydrogens is 402 g/mol.